The van der Waals surface area contributed by atoms with E-state index in [1.165, 1.54) is 23.8 Å². The zero-order valence-electron chi connectivity index (χ0n) is 20.9. The third kappa shape index (κ3) is 5.47. The fraction of sp³-hybridized carbons (Fsp3) is 0.481. The van der Waals surface area contributed by atoms with Crippen molar-refractivity contribution >= 4 is 28.5 Å². The number of rotatable bonds is 7. The molecular formula is C27H34ClN3O4. The van der Waals surface area contributed by atoms with Gasteiger partial charge in [-0.1, -0.05) is 30.2 Å². The lowest BCUT2D eigenvalue weighted by Crippen LogP contribution is -2.34. The van der Waals surface area contributed by atoms with Gasteiger partial charge >= 0.3 is 5.97 Å². The Morgan fingerprint density at radius 1 is 1.09 bits per heavy atom. The highest BCUT2D eigenvalue weighted by molar-refractivity contribution is 6.30. The molecular weight excluding hydrogens is 466 g/mol. The molecule has 0 aliphatic carbocycles. The van der Waals surface area contributed by atoms with Crippen molar-refractivity contribution in [2.45, 2.75) is 58.3 Å². The van der Waals surface area contributed by atoms with Gasteiger partial charge in [0.15, 0.2) is 6.10 Å². The summed E-state index contributed by atoms with van der Waals surface area (Å²) in [7, 11) is 1.63. The molecule has 35 heavy (non-hydrogen) atoms. The molecule has 1 aliphatic heterocycles. The first-order valence-electron chi connectivity index (χ1n) is 12.2. The number of carboxylic acids is 1. The number of aromatic nitrogens is 2. The second kappa shape index (κ2) is 10.2. The Morgan fingerprint density at radius 3 is 2.34 bits per heavy atom. The van der Waals surface area contributed by atoms with Gasteiger partial charge in [0.2, 0.25) is 0 Å². The van der Waals surface area contributed by atoms with Gasteiger partial charge in [-0.05, 0) is 70.5 Å². The van der Waals surface area contributed by atoms with Crippen LogP contribution in [0.15, 0.2) is 41.3 Å². The molecule has 0 spiro atoms. The SMILES string of the molecule is Cn1c(C(OC(C)(C)C)C(=O)O)c(-c2ccc(Cl)cc2)c2ccn(CCN3CCCCC3)c2c1=O. The Hall–Kier alpha value is -2.61. The first-order chi connectivity index (χ1) is 16.6. The van der Waals surface area contributed by atoms with Crippen molar-refractivity contribution in [1.82, 2.24) is 14.0 Å². The van der Waals surface area contributed by atoms with Gasteiger partial charge < -0.3 is 23.9 Å². The summed E-state index contributed by atoms with van der Waals surface area (Å²) in [6, 6.07) is 9.16. The first kappa shape index (κ1) is 25.5. The molecule has 1 aliphatic rings. The summed E-state index contributed by atoms with van der Waals surface area (Å²) >= 11 is 6.15. The predicted molar refractivity (Wildman–Crippen MR) is 139 cm³/mol. The summed E-state index contributed by atoms with van der Waals surface area (Å²) in [4.78, 5) is 28.5. The summed E-state index contributed by atoms with van der Waals surface area (Å²) < 4.78 is 9.43. The standard InChI is InChI=1S/C27H34ClN3O4/c1-27(2,3)35-24(26(33)34)23-21(18-8-10-19(28)11-9-18)20-12-15-31(22(20)25(32)29(23)4)17-16-30-13-6-5-7-14-30/h8-12,15,24H,5-7,13-14,16-17H2,1-4H3,(H,33,34). The quantitative estimate of drug-likeness (QED) is 0.490. The molecule has 1 unspecified atom stereocenters. The van der Waals surface area contributed by atoms with Gasteiger partial charge in [0.1, 0.15) is 5.52 Å². The van der Waals surface area contributed by atoms with Gasteiger partial charge in [-0.15, -0.1) is 0 Å². The number of nitrogens with zero attached hydrogens (tertiary/aromatic N) is 3. The maximum absolute atomic E-state index is 13.7. The number of pyridine rings is 1. The van der Waals surface area contributed by atoms with E-state index in [1.807, 2.05) is 29.0 Å². The van der Waals surface area contributed by atoms with Crippen molar-refractivity contribution in [3.8, 4) is 11.1 Å². The Morgan fingerprint density at radius 2 is 1.74 bits per heavy atom. The highest BCUT2D eigenvalue weighted by Crippen LogP contribution is 2.37. The smallest absolute Gasteiger partial charge is 0.339 e. The minimum Gasteiger partial charge on any atom is -0.479 e. The van der Waals surface area contributed by atoms with Crippen LogP contribution in [0.25, 0.3) is 22.0 Å². The maximum Gasteiger partial charge on any atom is 0.339 e. The molecule has 0 bridgehead atoms. The second-order valence-corrected chi connectivity index (χ2v) is 10.7. The molecule has 1 N–H and O–H groups in total. The van der Waals surface area contributed by atoms with Gasteiger partial charge in [0.05, 0.1) is 11.3 Å². The lowest BCUT2D eigenvalue weighted by molar-refractivity contribution is -0.161. The van der Waals surface area contributed by atoms with Gasteiger partial charge in [-0.2, -0.15) is 0 Å². The van der Waals surface area contributed by atoms with E-state index >= 15 is 0 Å². The van der Waals surface area contributed by atoms with Crippen LogP contribution in [-0.4, -0.2) is 50.3 Å². The summed E-state index contributed by atoms with van der Waals surface area (Å²) in [5.41, 5.74) is 1.38. The largest absolute Gasteiger partial charge is 0.479 e. The highest BCUT2D eigenvalue weighted by atomic mass is 35.5. The average molecular weight is 500 g/mol. The maximum atomic E-state index is 13.7. The molecule has 3 heterocycles. The summed E-state index contributed by atoms with van der Waals surface area (Å²) in [5.74, 6) is -1.14. The molecule has 188 valence electrons. The number of carbonyl (C=O) groups is 1. The predicted octanol–water partition coefficient (Wildman–Crippen LogP) is 5.09. The number of piperidine rings is 1. The van der Waals surface area contributed by atoms with Crippen molar-refractivity contribution in [3.63, 3.8) is 0 Å². The van der Waals surface area contributed by atoms with E-state index in [1.54, 1.807) is 40.0 Å². The molecule has 4 rings (SSSR count). The Balaban J connectivity index is 1.91. The van der Waals surface area contributed by atoms with Crippen molar-refractivity contribution in [2.75, 3.05) is 19.6 Å². The van der Waals surface area contributed by atoms with E-state index in [4.69, 9.17) is 16.3 Å². The second-order valence-electron chi connectivity index (χ2n) is 10.3. The fourth-order valence-corrected chi connectivity index (χ4v) is 5.03. The highest BCUT2D eigenvalue weighted by Gasteiger charge is 2.33. The molecule has 0 radical (unpaired) electrons. The van der Waals surface area contributed by atoms with Crippen LogP contribution in [-0.2, 0) is 23.1 Å². The molecule has 7 nitrogen and oxygen atoms in total. The number of halogens is 1. The van der Waals surface area contributed by atoms with Gasteiger partial charge in [-0.25, -0.2) is 4.79 Å². The topological polar surface area (TPSA) is 76.7 Å². The zero-order valence-corrected chi connectivity index (χ0v) is 21.6. The van der Waals surface area contributed by atoms with Crippen LogP contribution in [0.1, 0.15) is 51.8 Å². The normalized spacial score (nSPS) is 16.0. The zero-order chi connectivity index (χ0) is 25.3. The molecule has 1 atom stereocenters. The van der Waals surface area contributed by atoms with Crippen LogP contribution in [0, 0.1) is 0 Å². The first-order valence-corrected chi connectivity index (χ1v) is 12.6. The summed E-state index contributed by atoms with van der Waals surface area (Å²) in [6.45, 7) is 9.15. The van der Waals surface area contributed by atoms with E-state index in [0.717, 1.165) is 25.2 Å². The number of ether oxygens (including phenoxy) is 1. The van der Waals surface area contributed by atoms with Gasteiger partial charge in [0, 0.05) is 42.3 Å². The summed E-state index contributed by atoms with van der Waals surface area (Å²) in [6.07, 6.45) is 4.31. The van der Waals surface area contributed by atoms with E-state index in [0.29, 0.717) is 33.7 Å². The molecule has 1 aromatic carbocycles. The molecule has 3 aromatic rings. The van der Waals surface area contributed by atoms with Crippen LogP contribution < -0.4 is 5.56 Å². The number of hydrogen-bond acceptors (Lipinski definition) is 4. The lowest BCUT2D eigenvalue weighted by Gasteiger charge is -2.28. The summed E-state index contributed by atoms with van der Waals surface area (Å²) in [5, 5.41) is 11.4. The van der Waals surface area contributed by atoms with Gasteiger partial charge in [-0.3, -0.25) is 4.79 Å². The number of carboxylic acid groups (broad SMARTS) is 1. The third-order valence-corrected chi connectivity index (χ3v) is 6.79. The number of aliphatic carboxylic acids is 1. The molecule has 2 aromatic heterocycles. The van der Waals surface area contributed by atoms with Crippen molar-refractivity contribution in [2.24, 2.45) is 7.05 Å². The van der Waals surface area contributed by atoms with Crippen LogP contribution >= 0.6 is 11.6 Å². The number of fused-ring (bicyclic) bond motifs is 1. The third-order valence-electron chi connectivity index (χ3n) is 6.54. The minimum absolute atomic E-state index is 0.236. The fourth-order valence-electron chi connectivity index (χ4n) is 4.91. The Bertz CT molecular complexity index is 1260. The van der Waals surface area contributed by atoms with E-state index in [9.17, 15) is 14.7 Å². The van der Waals surface area contributed by atoms with Crippen LogP contribution in [0.5, 0.6) is 0 Å². The molecule has 0 saturated carbocycles. The molecule has 0 amide bonds. The van der Waals surface area contributed by atoms with E-state index < -0.39 is 17.7 Å². The van der Waals surface area contributed by atoms with Crippen LogP contribution in [0.3, 0.4) is 0 Å². The number of hydrogen-bond donors (Lipinski definition) is 1. The average Bonchev–Trinajstić information content (AvgIpc) is 3.23. The van der Waals surface area contributed by atoms with Crippen molar-refractivity contribution in [3.05, 3.63) is 57.6 Å². The molecule has 1 saturated heterocycles. The van der Waals surface area contributed by atoms with E-state index in [2.05, 4.69) is 4.90 Å². The minimum atomic E-state index is -1.32. The lowest BCUT2D eigenvalue weighted by atomic mass is 9.96. The number of likely N-dealkylation sites (tertiary alicyclic amines) is 1. The van der Waals surface area contributed by atoms with Gasteiger partial charge in [0.25, 0.3) is 5.56 Å². The van der Waals surface area contributed by atoms with E-state index in [-0.39, 0.29) is 5.56 Å². The van der Waals surface area contributed by atoms with Crippen LogP contribution in [0.4, 0.5) is 0 Å². The molecule has 8 heteroatoms. The van der Waals surface area contributed by atoms with Crippen molar-refractivity contribution in [1.29, 1.82) is 0 Å². The monoisotopic (exact) mass is 499 g/mol. The van der Waals surface area contributed by atoms with Crippen LogP contribution in [0.2, 0.25) is 5.02 Å². The Kier molecular flexibility index (Phi) is 7.40. The number of benzene rings is 1. The van der Waals surface area contributed by atoms with Crippen molar-refractivity contribution < 1.29 is 14.6 Å². The molecule has 1 fully saturated rings. The Labute approximate surface area is 210 Å².